The fourth-order valence-electron chi connectivity index (χ4n) is 9.28. The number of rotatable bonds is 9. The summed E-state index contributed by atoms with van der Waals surface area (Å²) in [6.45, 7) is 17.8. The minimum atomic E-state index is -1.83. The number of nitrogens with one attached hydrogen (secondary N) is 1. The number of aliphatic hydroxyl groups excluding tert-OH is 2. The quantitative estimate of drug-likeness (QED) is 0.193. The molecule has 1 aromatic rings. The Hall–Kier alpha value is -1.87. The molecule has 57 heavy (non-hydrogen) atoms. The van der Waals surface area contributed by atoms with Crippen LogP contribution in [0, 0.1) is 17.8 Å². The second-order valence-corrected chi connectivity index (χ2v) is 18.1. The number of carbonyl (C=O) groups is 1. The van der Waals surface area contributed by atoms with Gasteiger partial charge in [-0.25, -0.2) is 9.67 Å². The van der Waals surface area contributed by atoms with Gasteiger partial charge >= 0.3 is 5.97 Å². The molecule has 0 bridgehead atoms. The molecule has 17 heteroatoms. The molecule has 3 aliphatic rings. The van der Waals surface area contributed by atoms with E-state index in [1.165, 1.54) is 31.4 Å². The molecule has 4 rings (SSSR count). The predicted molar refractivity (Wildman–Crippen MR) is 209 cm³/mol. The molecular formula is C40H73N5O12. The Labute approximate surface area is 338 Å². The van der Waals surface area contributed by atoms with Gasteiger partial charge in [-0.15, -0.1) is 0 Å². The van der Waals surface area contributed by atoms with Crippen molar-refractivity contribution >= 4 is 5.97 Å². The second-order valence-electron chi connectivity index (χ2n) is 18.1. The topological polar surface area (TPSA) is 220 Å². The van der Waals surface area contributed by atoms with Crippen molar-refractivity contribution in [1.82, 2.24) is 25.0 Å². The maximum Gasteiger partial charge on any atom is 0.311 e. The normalized spacial score (nSPS) is 47.2. The molecule has 3 aliphatic heterocycles. The third kappa shape index (κ3) is 10.4. The number of aromatic nitrogens is 3. The van der Waals surface area contributed by atoms with Gasteiger partial charge in [0.2, 0.25) is 0 Å². The average molecular weight is 816 g/mol. The van der Waals surface area contributed by atoms with Gasteiger partial charge < -0.3 is 64.2 Å². The molecule has 330 valence electrons. The zero-order chi connectivity index (χ0) is 42.8. The first-order valence-electron chi connectivity index (χ1n) is 20.5. The van der Waals surface area contributed by atoms with E-state index < -0.39 is 95.5 Å². The Kier molecular flexibility index (Phi) is 15.8. The maximum atomic E-state index is 14.3. The lowest BCUT2D eigenvalue weighted by molar-refractivity contribution is -0.340. The van der Waals surface area contributed by atoms with E-state index in [0.717, 1.165) is 0 Å². The van der Waals surface area contributed by atoms with Crippen LogP contribution in [0.4, 0.5) is 0 Å². The van der Waals surface area contributed by atoms with Gasteiger partial charge in [0, 0.05) is 31.5 Å². The zero-order valence-electron chi connectivity index (χ0n) is 36.4. The summed E-state index contributed by atoms with van der Waals surface area (Å²) < 4.78 is 39.8. The third-order valence-corrected chi connectivity index (χ3v) is 13.1. The molecule has 4 heterocycles. The van der Waals surface area contributed by atoms with Gasteiger partial charge in [-0.3, -0.25) is 4.79 Å². The van der Waals surface area contributed by atoms with E-state index in [1.807, 2.05) is 32.8 Å². The van der Waals surface area contributed by atoms with E-state index in [-0.39, 0.29) is 43.9 Å². The Balaban J connectivity index is 1.80. The van der Waals surface area contributed by atoms with Crippen molar-refractivity contribution in [1.29, 1.82) is 0 Å². The smallest absolute Gasteiger partial charge is 0.311 e. The van der Waals surface area contributed by atoms with Gasteiger partial charge in [0.25, 0.3) is 0 Å². The summed E-state index contributed by atoms with van der Waals surface area (Å²) in [5.74, 6) is -2.76. The molecule has 0 saturated carbocycles. The molecule has 3 saturated heterocycles. The van der Waals surface area contributed by atoms with Crippen molar-refractivity contribution in [2.75, 3.05) is 27.7 Å². The molecule has 0 radical (unpaired) electrons. The minimum Gasteiger partial charge on any atom is -0.459 e. The van der Waals surface area contributed by atoms with Crippen molar-refractivity contribution < 1.29 is 58.7 Å². The SMILES string of the molecule is CC[C@H]1OC(=O)[C@H](C)[C@@H](O[C@H]2C[C@@](C)(OC)[C@@](O)(Cn3cncn3)[C@H](C)O2)[C@H](C)[C@@H](O[C@@H]2O[C@H](C)C[C@H](N(C)C)[C@H]2O)[C@@](C)(O)C[C@@H](C)CN[C@H](C)[C@@H](O)[C@]1(C)O. The van der Waals surface area contributed by atoms with Gasteiger partial charge in [-0.2, -0.15) is 5.10 Å². The third-order valence-electron chi connectivity index (χ3n) is 13.1. The number of cyclic esters (lactones) is 1. The average Bonchev–Trinajstić information content (AvgIpc) is 3.65. The lowest BCUT2D eigenvalue weighted by Crippen LogP contribution is -2.68. The van der Waals surface area contributed by atoms with Crippen molar-refractivity contribution in [3.8, 4) is 0 Å². The summed E-state index contributed by atoms with van der Waals surface area (Å²) in [7, 11) is 5.25. The maximum absolute atomic E-state index is 14.3. The number of nitrogens with zero attached hydrogens (tertiary/aromatic N) is 4. The van der Waals surface area contributed by atoms with Crippen LogP contribution >= 0.6 is 0 Å². The van der Waals surface area contributed by atoms with Crippen LogP contribution in [0.2, 0.25) is 0 Å². The van der Waals surface area contributed by atoms with E-state index >= 15 is 0 Å². The number of carbonyl (C=O) groups excluding carboxylic acids is 1. The summed E-state index contributed by atoms with van der Waals surface area (Å²) in [5, 5.41) is 66.8. The Morgan fingerprint density at radius 2 is 1.68 bits per heavy atom. The van der Waals surface area contributed by atoms with Gasteiger partial charge in [0.1, 0.15) is 47.8 Å². The highest BCUT2D eigenvalue weighted by molar-refractivity contribution is 5.73. The summed E-state index contributed by atoms with van der Waals surface area (Å²) >= 11 is 0. The lowest BCUT2D eigenvalue weighted by Gasteiger charge is -2.53. The molecule has 18 atom stereocenters. The van der Waals surface area contributed by atoms with Crippen molar-refractivity contribution in [3.63, 3.8) is 0 Å². The standard InChI is InChI=1S/C40H73N5O12/c1-14-29-39(10,50)33(47)26(6)42-18-22(2)16-37(8,49)34(57-36-31(46)28(44(11)12)15-23(3)53-36)24(4)32(25(5)35(48)55-29)56-30-17-38(9,52-13)40(51,27(7)54-30)19-45-21-41-20-43-45/h20-34,36,42,46-47,49-51H,14-19H2,1-13H3/t22-,23-,24+,25-,26-,27+,28+,29-,30+,31-,32+,33-,34-,36+,37+,38-,39-,40-/m1/s1. The molecule has 0 amide bonds. The van der Waals surface area contributed by atoms with Crippen molar-refractivity contribution in [3.05, 3.63) is 12.7 Å². The van der Waals surface area contributed by atoms with Crippen LogP contribution in [-0.4, -0.2) is 169 Å². The van der Waals surface area contributed by atoms with E-state index in [2.05, 4.69) is 15.4 Å². The van der Waals surface area contributed by atoms with Crippen LogP contribution in [0.15, 0.2) is 12.7 Å². The number of likely N-dealkylation sites (N-methyl/N-ethyl adjacent to an activating group) is 1. The molecule has 1 aromatic heterocycles. The van der Waals surface area contributed by atoms with Crippen LogP contribution in [0.5, 0.6) is 0 Å². The first-order chi connectivity index (χ1) is 26.4. The highest BCUT2D eigenvalue weighted by Gasteiger charge is 2.59. The molecule has 0 aromatic carbocycles. The fraction of sp³-hybridized carbons (Fsp3) is 0.925. The monoisotopic (exact) mass is 816 g/mol. The number of aliphatic hydroxyl groups is 5. The largest absolute Gasteiger partial charge is 0.459 e. The number of methoxy groups -OCH3 is 1. The van der Waals surface area contributed by atoms with Crippen LogP contribution in [0.25, 0.3) is 0 Å². The predicted octanol–water partition coefficient (Wildman–Crippen LogP) is 1.22. The highest BCUT2D eigenvalue weighted by atomic mass is 16.7. The van der Waals surface area contributed by atoms with Crippen LogP contribution in [-0.2, 0) is 39.8 Å². The summed E-state index contributed by atoms with van der Waals surface area (Å²) in [6.07, 6.45) is -5.12. The number of hydrogen-bond donors (Lipinski definition) is 6. The van der Waals surface area contributed by atoms with Crippen molar-refractivity contribution in [2.45, 2.75) is 191 Å². The Morgan fingerprint density at radius 1 is 1.02 bits per heavy atom. The van der Waals surface area contributed by atoms with Crippen LogP contribution in [0.1, 0.15) is 94.9 Å². The first-order valence-corrected chi connectivity index (χ1v) is 20.5. The summed E-state index contributed by atoms with van der Waals surface area (Å²) in [5.41, 5.74) is -6.25. The zero-order valence-corrected chi connectivity index (χ0v) is 36.4. The van der Waals surface area contributed by atoms with E-state index in [9.17, 15) is 30.3 Å². The van der Waals surface area contributed by atoms with Crippen LogP contribution < -0.4 is 5.32 Å². The van der Waals surface area contributed by atoms with E-state index in [0.29, 0.717) is 13.0 Å². The lowest BCUT2D eigenvalue weighted by atomic mass is 9.75. The van der Waals surface area contributed by atoms with Gasteiger partial charge in [0.05, 0.1) is 42.5 Å². The Bertz CT molecular complexity index is 1420. The summed E-state index contributed by atoms with van der Waals surface area (Å²) in [4.78, 5) is 20.3. The molecule has 3 fully saturated rings. The fourth-order valence-corrected chi connectivity index (χ4v) is 9.28. The van der Waals surface area contributed by atoms with E-state index in [4.69, 9.17) is 28.4 Å². The number of ether oxygens (including phenoxy) is 6. The molecule has 6 N–H and O–H groups in total. The minimum absolute atomic E-state index is 0.0124. The second kappa shape index (κ2) is 18.8. The van der Waals surface area contributed by atoms with Gasteiger partial charge in [-0.05, 0) is 94.3 Å². The molecular weight excluding hydrogens is 742 g/mol. The summed E-state index contributed by atoms with van der Waals surface area (Å²) in [6, 6.07) is -0.902. The van der Waals surface area contributed by atoms with Gasteiger partial charge in [-0.1, -0.05) is 20.8 Å². The molecule has 17 nitrogen and oxygen atoms in total. The van der Waals surface area contributed by atoms with E-state index in [1.54, 1.807) is 48.5 Å². The first kappa shape index (κ1) is 47.8. The number of hydrogen-bond acceptors (Lipinski definition) is 16. The molecule has 0 spiro atoms. The van der Waals surface area contributed by atoms with Crippen molar-refractivity contribution in [2.24, 2.45) is 17.8 Å². The van der Waals surface area contributed by atoms with Gasteiger partial charge in [0.15, 0.2) is 12.6 Å². The molecule has 0 aliphatic carbocycles. The van der Waals surface area contributed by atoms with Crippen LogP contribution in [0.3, 0.4) is 0 Å². The number of esters is 1. The highest BCUT2D eigenvalue weighted by Crippen LogP contribution is 2.44. The Morgan fingerprint density at radius 3 is 2.26 bits per heavy atom. The molecule has 0 unspecified atom stereocenters.